The molecule has 0 atom stereocenters. The van der Waals surface area contributed by atoms with Crippen LogP contribution in [0.15, 0.2) is 176 Å². The molecule has 12 aromatic rings. The molecule has 0 aliphatic carbocycles. The number of aromatic nitrogens is 2. The zero-order valence-electron chi connectivity index (χ0n) is 44.2. The number of hydrogen-bond acceptors (Lipinski definition) is 10. The van der Waals surface area contributed by atoms with Crippen LogP contribution in [0.25, 0.3) is 111 Å². The molecule has 15 heteroatoms. The first-order valence-electron chi connectivity index (χ1n) is 25.9. The highest BCUT2D eigenvalue weighted by Gasteiger charge is 2.32. The monoisotopic (exact) mass is 1110 g/mol. The van der Waals surface area contributed by atoms with Gasteiger partial charge < -0.3 is 9.13 Å². The van der Waals surface area contributed by atoms with E-state index in [0.717, 1.165) is 18.2 Å². The highest BCUT2D eigenvalue weighted by molar-refractivity contribution is 6.14. The van der Waals surface area contributed by atoms with Gasteiger partial charge in [-0.3, -0.25) is 0 Å². The SMILES string of the molecule is N#Cc1cc(C#N)cc(-c2ccc3c4ccc(-c5cc(C#N)cc(C#N)c5)cc4n(-c4cc(C#N)c(-c5ccc(C(F)(F)F)cc5C#N)cc4-n4c5cc(-c6cc(C#N)cc(C#N)c6)ccc5c5ccc(-c6cc(C#N)cc(C#N)c6)cc54)c3c2)c1. The topological polar surface area (TPSA) is 248 Å². The molecule has 0 fully saturated rings. The molecule has 0 bridgehead atoms. The van der Waals surface area contributed by atoms with Gasteiger partial charge in [-0.15, -0.1) is 0 Å². The van der Waals surface area contributed by atoms with Gasteiger partial charge in [-0.05, 0) is 166 Å². The number of hydrogen-bond donors (Lipinski definition) is 0. The third kappa shape index (κ3) is 9.09. The van der Waals surface area contributed by atoms with Crippen LogP contribution in [0.4, 0.5) is 13.2 Å². The van der Waals surface area contributed by atoms with Crippen molar-refractivity contribution in [3.8, 4) is 128 Å². The minimum Gasteiger partial charge on any atom is -0.307 e. The van der Waals surface area contributed by atoms with E-state index in [-0.39, 0.29) is 66.8 Å². The van der Waals surface area contributed by atoms with E-state index < -0.39 is 11.7 Å². The van der Waals surface area contributed by atoms with Crippen LogP contribution < -0.4 is 0 Å². The van der Waals surface area contributed by atoms with Crippen LogP contribution in [0.3, 0.4) is 0 Å². The molecule has 0 aliphatic heterocycles. The summed E-state index contributed by atoms with van der Waals surface area (Å²) in [6, 6.07) is 68.7. The van der Waals surface area contributed by atoms with Crippen molar-refractivity contribution in [1.29, 1.82) is 52.6 Å². The summed E-state index contributed by atoms with van der Waals surface area (Å²) in [6.45, 7) is 0. The van der Waals surface area contributed by atoms with Gasteiger partial charge in [0.25, 0.3) is 0 Å². The van der Waals surface area contributed by atoms with Crippen LogP contribution in [0.2, 0.25) is 0 Å². The van der Waals surface area contributed by atoms with Gasteiger partial charge in [-0.2, -0.15) is 65.8 Å². The van der Waals surface area contributed by atoms with Gasteiger partial charge in [0.2, 0.25) is 0 Å². The Morgan fingerprint density at radius 3 is 0.802 bits per heavy atom. The van der Waals surface area contributed by atoms with Crippen LogP contribution in [0, 0.1) is 113 Å². The first kappa shape index (κ1) is 53.1. The van der Waals surface area contributed by atoms with Crippen molar-refractivity contribution in [1.82, 2.24) is 9.13 Å². The summed E-state index contributed by atoms with van der Waals surface area (Å²) in [5.74, 6) is 0. The fourth-order valence-electron chi connectivity index (χ4n) is 11.3. The molecule has 0 unspecified atom stereocenters. The van der Waals surface area contributed by atoms with Crippen molar-refractivity contribution in [3.63, 3.8) is 0 Å². The molecule has 86 heavy (non-hydrogen) atoms. The van der Waals surface area contributed by atoms with Crippen molar-refractivity contribution in [2.75, 3.05) is 0 Å². The maximum atomic E-state index is 14.4. The summed E-state index contributed by atoms with van der Waals surface area (Å²) in [5, 5.41) is 106. The average Bonchev–Trinajstić information content (AvgIpc) is 1.91. The number of nitrogens with zero attached hydrogens (tertiary/aromatic N) is 12. The first-order valence-corrected chi connectivity index (χ1v) is 25.9. The second-order valence-electron chi connectivity index (χ2n) is 20.1. The van der Waals surface area contributed by atoms with Gasteiger partial charge in [0.1, 0.15) is 0 Å². The van der Waals surface area contributed by atoms with E-state index in [9.17, 15) is 65.8 Å². The van der Waals surface area contributed by atoms with Crippen molar-refractivity contribution in [2.24, 2.45) is 0 Å². The van der Waals surface area contributed by atoms with Crippen LogP contribution >= 0.6 is 0 Å². The molecule has 12 nitrogen and oxygen atoms in total. The molecule has 0 N–H and O–H groups in total. The normalized spacial score (nSPS) is 10.8. The largest absolute Gasteiger partial charge is 0.416 e. The van der Waals surface area contributed by atoms with E-state index in [2.05, 4.69) is 54.6 Å². The van der Waals surface area contributed by atoms with Crippen LogP contribution in [0.5, 0.6) is 0 Å². The summed E-state index contributed by atoms with van der Waals surface area (Å²) in [6.07, 6.45) is -4.83. The second-order valence-corrected chi connectivity index (χ2v) is 20.1. The summed E-state index contributed by atoms with van der Waals surface area (Å²) in [4.78, 5) is 0. The molecule has 0 saturated heterocycles. The number of alkyl halides is 3. The van der Waals surface area contributed by atoms with Gasteiger partial charge in [-0.25, -0.2) is 0 Å². The Morgan fingerprint density at radius 2 is 0.535 bits per heavy atom. The zero-order valence-corrected chi connectivity index (χ0v) is 44.2. The summed E-state index contributed by atoms with van der Waals surface area (Å²) >= 11 is 0. The maximum Gasteiger partial charge on any atom is 0.416 e. The first-order chi connectivity index (χ1) is 41.7. The van der Waals surface area contributed by atoms with E-state index in [0.29, 0.717) is 99.5 Å². The number of rotatable bonds is 7. The highest BCUT2D eigenvalue weighted by Crippen LogP contribution is 2.45. The predicted molar refractivity (Wildman–Crippen MR) is 314 cm³/mol. The number of benzene rings is 10. The lowest BCUT2D eigenvalue weighted by atomic mass is 9.93. The van der Waals surface area contributed by atoms with Gasteiger partial charge in [0, 0.05) is 32.7 Å². The fraction of sp³-hybridized carbons (Fsp3) is 0.0141. The number of halogens is 3. The molecule has 0 saturated carbocycles. The molecule has 2 aromatic heterocycles. The van der Waals surface area contributed by atoms with Gasteiger partial charge in [0.05, 0.1) is 155 Å². The molecule has 0 amide bonds. The van der Waals surface area contributed by atoms with Crippen molar-refractivity contribution in [2.45, 2.75) is 6.18 Å². The maximum absolute atomic E-state index is 14.4. The quantitative estimate of drug-likeness (QED) is 0.146. The van der Waals surface area contributed by atoms with E-state index >= 15 is 0 Å². The van der Waals surface area contributed by atoms with Gasteiger partial charge in [-0.1, -0.05) is 54.6 Å². The van der Waals surface area contributed by atoms with E-state index in [1.807, 2.05) is 88.0 Å². The molecule has 0 aliphatic rings. The minimum absolute atomic E-state index is 0.00448. The minimum atomic E-state index is -4.83. The van der Waals surface area contributed by atoms with E-state index in [1.54, 1.807) is 60.7 Å². The van der Waals surface area contributed by atoms with Crippen LogP contribution in [-0.2, 0) is 6.18 Å². The Hall–Kier alpha value is -13.5. The third-order valence-corrected chi connectivity index (χ3v) is 15.1. The third-order valence-electron chi connectivity index (χ3n) is 15.1. The smallest absolute Gasteiger partial charge is 0.307 e. The number of fused-ring (bicyclic) bond motifs is 6. The second kappa shape index (κ2) is 20.9. The molecule has 0 spiro atoms. The molecule has 2 heterocycles. The summed E-state index contributed by atoms with van der Waals surface area (Å²) in [5.41, 5.74) is 7.46. The van der Waals surface area contributed by atoms with Crippen LogP contribution in [0.1, 0.15) is 61.2 Å². The van der Waals surface area contributed by atoms with Gasteiger partial charge in [0.15, 0.2) is 0 Å². The summed E-state index contributed by atoms with van der Waals surface area (Å²) < 4.78 is 47.1. The average molecular weight is 1110 g/mol. The highest BCUT2D eigenvalue weighted by atomic mass is 19.4. The Balaban J connectivity index is 1.29. The lowest BCUT2D eigenvalue weighted by Gasteiger charge is -2.21. The van der Waals surface area contributed by atoms with Crippen molar-refractivity contribution in [3.05, 3.63) is 237 Å². The standard InChI is InChI=1S/C71H29F3N12/c72-71(73,74)58-5-10-59(56(23-58)38-83)64-29-70(86-67-26-50(54-19-44(34-79)13-45(20-54)35-80)3-8-62(67)63-9-4-51(27-68(63)86)55-21-46(36-81)14-47(22-55)37-82)69(28-57(64)39-84)85-65-24-48(52-15-40(30-75)11-41(16-52)31-76)1-6-60(65)61-7-2-49(25-66(61)85)53-17-42(32-77)12-43(18-53)33-78/h1-29H. The van der Waals surface area contributed by atoms with E-state index in [1.165, 1.54) is 24.3 Å². The lowest BCUT2D eigenvalue weighted by molar-refractivity contribution is -0.137. The van der Waals surface area contributed by atoms with Crippen molar-refractivity contribution >= 4 is 43.6 Å². The van der Waals surface area contributed by atoms with E-state index in [4.69, 9.17) is 0 Å². The Morgan fingerprint density at radius 1 is 0.256 bits per heavy atom. The zero-order chi connectivity index (χ0) is 60.1. The van der Waals surface area contributed by atoms with Gasteiger partial charge >= 0.3 is 6.18 Å². The molecule has 0 radical (unpaired) electrons. The molecule has 10 aromatic carbocycles. The Labute approximate surface area is 487 Å². The Bertz CT molecular complexity index is 5100. The molecule has 394 valence electrons. The summed E-state index contributed by atoms with van der Waals surface area (Å²) in [7, 11) is 0. The fourth-order valence-corrected chi connectivity index (χ4v) is 11.3. The molecular formula is C71H29F3N12. The molecular weight excluding hydrogens is 1080 g/mol. The van der Waals surface area contributed by atoms with Crippen molar-refractivity contribution < 1.29 is 13.2 Å². The molecule has 12 rings (SSSR count). The van der Waals surface area contributed by atoms with Crippen LogP contribution in [-0.4, -0.2) is 9.13 Å². The lowest BCUT2D eigenvalue weighted by Crippen LogP contribution is -2.07. The Kier molecular flexibility index (Phi) is 12.9. The predicted octanol–water partition coefficient (Wildman–Crippen LogP) is 16.0. The number of nitriles is 10.